The van der Waals surface area contributed by atoms with Gasteiger partial charge in [-0.2, -0.15) is 0 Å². The maximum Gasteiger partial charge on any atom is 0.222 e. The third kappa shape index (κ3) is 1.95. The molecule has 0 atom stereocenters. The van der Waals surface area contributed by atoms with Crippen LogP contribution in [0.15, 0.2) is 58.0 Å². The van der Waals surface area contributed by atoms with E-state index in [2.05, 4.69) is 35.7 Å². The minimum absolute atomic E-state index is 0. The molecule has 1 N–H and O–H groups in total. The molecule has 1 aromatic rings. The Kier molecular flexibility index (Phi) is 3.14. The minimum Gasteiger partial charge on any atom is -1.00 e. The molecule has 74 valence electrons. The normalized spacial score (nSPS) is 15.7. The lowest BCUT2D eigenvalue weighted by Crippen LogP contribution is -3.00. The molecule has 0 unspecified atom stereocenters. The maximum absolute atomic E-state index is 3.36. The Bertz CT molecular complexity index is 431. The Morgan fingerprint density at radius 2 is 2.07 bits per heavy atom. The fourth-order valence-corrected chi connectivity index (χ4v) is 2.49. The fraction of sp³-hybridized carbons (Fsp3) is 0. The molecular formula is C12H8INS. The van der Waals surface area contributed by atoms with Crippen molar-refractivity contribution in [2.24, 2.45) is 0 Å². The van der Waals surface area contributed by atoms with Gasteiger partial charge in [0, 0.05) is 11.0 Å². The Balaban J connectivity index is 0.000000853. The van der Waals surface area contributed by atoms with Crippen LogP contribution >= 0.6 is 11.8 Å². The molecule has 1 nitrogen and oxygen atoms in total. The zero-order valence-electron chi connectivity index (χ0n) is 7.83. The van der Waals surface area contributed by atoms with Gasteiger partial charge in [0.25, 0.3) is 0 Å². The summed E-state index contributed by atoms with van der Waals surface area (Å²) in [5.41, 5.74) is 2.25. The number of hydrogen-bond donors (Lipinski definition) is 1. The summed E-state index contributed by atoms with van der Waals surface area (Å²) in [6, 6.07) is 8.32. The van der Waals surface area contributed by atoms with Crippen molar-refractivity contribution < 1.29 is 24.0 Å². The zero-order chi connectivity index (χ0) is 9.38. The number of benzene rings is 1. The molecule has 0 fully saturated rings. The SMILES string of the molecule is [C+]1=C2Nc3ccccc3SC2=CC=C1.[I-]. The average molecular weight is 325 g/mol. The van der Waals surface area contributed by atoms with Crippen LogP contribution in [0.5, 0.6) is 0 Å². The quantitative estimate of drug-likeness (QED) is 0.546. The molecule has 2 aliphatic rings. The predicted octanol–water partition coefficient (Wildman–Crippen LogP) is 0.349. The van der Waals surface area contributed by atoms with Crippen molar-refractivity contribution in [1.82, 2.24) is 0 Å². The van der Waals surface area contributed by atoms with E-state index >= 15 is 0 Å². The number of fused-ring (bicyclic) bond motifs is 2. The zero-order valence-corrected chi connectivity index (χ0v) is 10.8. The first-order valence-electron chi connectivity index (χ1n) is 4.48. The second kappa shape index (κ2) is 4.39. The van der Waals surface area contributed by atoms with Crippen LogP contribution in [0.2, 0.25) is 0 Å². The summed E-state index contributed by atoms with van der Waals surface area (Å²) in [4.78, 5) is 2.52. The van der Waals surface area contributed by atoms with Crippen molar-refractivity contribution in [2.45, 2.75) is 4.90 Å². The summed E-state index contributed by atoms with van der Waals surface area (Å²) in [6.07, 6.45) is 9.25. The van der Waals surface area contributed by atoms with Gasteiger partial charge in [0.15, 0.2) is 0 Å². The minimum atomic E-state index is 0. The lowest BCUT2D eigenvalue weighted by atomic mass is 10.2. The lowest BCUT2D eigenvalue weighted by molar-refractivity contribution is -0.00000259. The van der Waals surface area contributed by atoms with E-state index in [4.69, 9.17) is 0 Å². The standard InChI is InChI=1S/C12H8NS.HI/c1-3-7-11-9(5-1)13-10-6-2-4-8-12(10)14-11;/h1-5,7-8,13H;1H/q+1;/p-1. The van der Waals surface area contributed by atoms with Crippen molar-refractivity contribution in [2.75, 3.05) is 5.32 Å². The Morgan fingerprint density at radius 3 is 3.00 bits per heavy atom. The Hall–Kier alpha value is -0.770. The predicted molar refractivity (Wildman–Crippen MR) is 59.9 cm³/mol. The van der Waals surface area contributed by atoms with Gasteiger partial charge in [-0.1, -0.05) is 12.1 Å². The summed E-state index contributed by atoms with van der Waals surface area (Å²) >= 11 is 1.79. The molecule has 1 heterocycles. The van der Waals surface area contributed by atoms with E-state index in [1.165, 1.54) is 15.5 Å². The number of para-hydroxylation sites is 1. The van der Waals surface area contributed by atoms with E-state index in [-0.39, 0.29) is 24.0 Å². The topological polar surface area (TPSA) is 12.0 Å². The highest BCUT2D eigenvalue weighted by Crippen LogP contribution is 2.42. The van der Waals surface area contributed by atoms with Crippen LogP contribution in [0, 0.1) is 6.08 Å². The number of rotatable bonds is 0. The summed E-state index contributed by atoms with van der Waals surface area (Å²) < 4.78 is 0. The van der Waals surface area contributed by atoms with Crippen LogP contribution in [0.25, 0.3) is 0 Å². The molecule has 0 saturated carbocycles. The maximum atomic E-state index is 3.36. The van der Waals surface area contributed by atoms with Gasteiger partial charge in [-0.05, 0) is 23.9 Å². The van der Waals surface area contributed by atoms with Gasteiger partial charge in [0.1, 0.15) is 11.0 Å². The summed E-state index contributed by atoms with van der Waals surface area (Å²) in [5, 5.41) is 3.36. The van der Waals surface area contributed by atoms with Crippen LogP contribution in [0.4, 0.5) is 5.69 Å². The highest BCUT2D eigenvalue weighted by Gasteiger charge is 2.25. The van der Waals surface area contributed by atoms with E-state index in [0.717, 1.165) is 5.70 Å². The molecule has 15 heavy (non-hydrogen) atoms. The van der Waals surface area contributed by atoms with Crippen molar-refractivity contribution >= 4 is 17.4 Å². The van der Waals surface area contributed by atoms with Gasteiger partial charge in [-0.25, -0.2) is 0 Å². The molecule has 1 aliphatic carbocycles. The second-order valence-corrected chi connectivity index (χ2v) is 4.22. The van der Waals surface area contributed by atoms with Crippen molar-refractivity contribution in [3.05, 3.63) is 59.2 Å². The van der Waals surface area contributed by atoms with Gasteiger partial charge in [0.05, 0.1) is 17.8 Å². The Morgan fingerprint density at radius 1 is 1.20 bits per heavy atom. The highest BCUT2D eigenvalue weighted by atomic mass is 127. The van der Waals surface area contributed by atoms with E-state index in [0.29, 0.717) is 0 Å². The number of allylic oxidation sites excluding steroid dienone is 4. The van der Waals surface area contributed by atoms with E-state index in [9.17, 15) is 0 Å². The van der Waals surface area contributed by atoms with Crippen LogP contribution in [0.1, 0.15) is 0 Å². The highest BCUT2D eigenvalue weighted by molar-refractivity contribution is 8.03. The van der Waals surface area contributed by atoms with Crippen molar-refractivity contribution in [1.29, 1.82) is 0 Å². The van der Waals surface area contributed by atoms with Crippen LogP contribution in [-0.4, -0.2) is 0 Å². The first kappa shape index (κ1) is 10.7. The van der Waals surface area contributed by atoms with Crippen LogP contribution < -0.4 is 29.3 Å². The van der Waals surface area contributed by atoms with Gasteiger partial charge in [-0.15, -0.1) is 0 Å². The summed E-state index contributed by atoms with van der Waals surface area (Å²) in [7, 11) is 0. The first-order chi connectivity index (χ1) is 6.93. The van der Waals surface area contributed by atoms with Gasteiger partial charge >= 0.3 is 0 Å². The average Bonchev–Trinajstić information content (AvgIpc) is 2.26. The molecule has 0 radical (unpaired) electrons. The van der Waals surface area contributed by atoms with Crippen molar-refractivity contribution in [3.63, 3.8) is 0 Å². The molecule has 0 spiro atoms. The van der Waals surface area contributed by atoms with E-state index < -0.39 is 0 Å². The number of anilines is 1. The third-order valence-electron chi connectivity index (χ3n) is 2.18. The number of thioether (sulfide) groups is 1. The molecule has 0 bridgehead atoms. The molecule has 3 heteroatoms. The van der Waals surface area contributed by atoms with E-state index in [1.807, 2.05) is 18.2 Å². The van der Waals surface area contributed by atoms with Gasteiger partial charge in [0.2, 0.25) is 5.70 Å². The number of halogens is 1. The molecular weight excluding hydrogens is 317 g/mol. The second-order valence-electron chi connectivity index (χ2n) is 3.13. The van der Waals surface area contributed by atoms with Gasteiger partial charge in [-0.3, -0.25) is 0 Å². The van der Waals surface area contributed by atoms with E-state index in [1.54, 1.807) is 11.8 Å². The lowest BCUT2D eigenvalue weighted by Gasteiger charge is -2.16. The fourth-order valence-electron chi connectivity index (χ4n) is 1.52. The third-order valence-corrected chi connectivity index (χ3v) is 3.32. The van der Waals surface area contributed by atoms with Crippen LogP contribution in [0.3, 0.4) is 0 Å². The summed E-state index contributed by atoms with van der Waals surface area (Å²) in [5.74, 6) is 0. The first-order valence-corrected chi connectivity index (χ1v) is 5.30. The summed E-state index contributed by atoms with van der Waals surface area (Å²) in [6.45, 7) is 0. The molecule has 1 aromatic carbocycles. The number of nitrogens with one attached hydrogen (secondary N) is 1. The smallest absolute Gasteiger partial charge is 0.222 e. The van der Waals surface area contributed by atoms with Gasteiger partial charge < -0.3 is 29.3 Å². The van der Waals surface area contributed by atoms with Crippen LogP contribution in [-0.2, 0) is 0 Å². The monoisotopic (exact) mass is 325 g/mol. The molecule has 0 aromatic heterocycles. The largest absolute Gasteiger partial charge is 1.00 e. The molecule has 0 amide bonds. The molecule has 0 saturated heterocycles. The molecule has 3 rings (SSSR count). The van der Waals surface area contributed by atoms with Crippen molar-refractivity contribution in [3.8, 4) is 0 Å². The molecule has 1 aliphatic heterocycles. The number of hydrogen-bond acceptors (Lipinski definition) is 2. The Labute approximate surface area is 110 Å².